The van der Waals surface area contributed by atoms with Crippen molar-refractivity contribution < 1.29 is 0 Å². The SMILES string of the molecule is CC1CN2CCCC2CN1C1(CN)CCCCCC1. The highest BCUT2D eigenvalue weighted by Gasteiger charge is 2.44. The minimum Gasteiger partial charge on any atom is -0.329 e. The van der Waals surface area contributed by atoms with E-state index in [1.807, 2.05) is 0 Å². The molecule has 2 N–H and O–H groups in total. The zero-order valence-electron chi connectivity index (χ0n) is 12.6. The van der Waals surface area contributed by atoms with Crippen LogP contribution in [0.25, 0.3) is 0 Å². The molecule has 2 unspecified atom stereocenters. The van der Waals surface area contributed by atoms with E-state index in [0.717, 1.165) is 12.6 Å². The van der Waals surface area contributed by atoms with Gasteiger partial charge in [-0.3, -0.25) is 9.80 Å². The Labute approximate surface area is 118 Å². The van der Waals surface area contributed by atoms with Crippen LogP contribution in [0.1, 0.15) is 58.3 Å². The maximum absolute atomic E-state index is 6.28. The summed E-state index contributed by atoms with van der Waals surface area (Å²) in [5.41, 5.74) is 6.61. The molecule has 0 aromatic rings. The van der Waals surface area contributed by atoms with Crippen molar-refractivity contribution in [3.05, 3.63) is 0 Å². The van der Waals surface area contributed by atoms with Gasteiger partial charge in [0.2, 0.25) is 0 Å². The van der Waals surface area contributed by atoms with Crippen LogP contribution in [0.5, 0.6) is 0 Å². The number of rotatable bonds is 2. The van der Waals surface area contributed by atoms with Crippen LogP contribution >= 0.6 is 0 Å². The Morgan fingerprint density at radius 2 is 1.79 bits per heavy atom. The van der Waals surface area contributed by atoms with E-state index >= 15 is 0 Å². The number of fused-ring (bicyclic) bond motifs is 1. The van der Waals surface area contributed by atoms with E-state index in [4.69, 9.17) is 5.73 Å². The molecule has 0 aromatic carbocycles. The largest absolute Gasteiger partial charge is 0.329 e. The van der Waals surface area contributed by atoms with Crippen molar-refractivity contribution in [1.82, 2.24) is 9.80 Å². The van der Waals surface area contributed by atoms with Gasteiger partial charge in [-0.25, -0.2) is 0 Å². The van der Waals surface area contributed by atoms with E-state index in [9.17, 15) is 0 Å². The van der Waals surface area contributed by atoms with Crippen LogP contribution in [0.4, 0.5) is 0 Å². The highest BCUT2D eigenvalue weighted by molar-refractivity contribution is 5.01. The lowest BCUT2D eigenvalue weighted by Gasteiger charge is -2.52. The standard InChI is InChI=1S/C16H31N3/c1-14-11-18-10-6-7-15(18)12-19(14)16(13-17)8-4-2-3-5-9-16/h14-15H,2-13,17H2,1H3. The molecule has 2 aliphatic heterocycles. The molecule has 0 spiro atoms. The predicted molar refractivity (Wildman–Crippen MR) is 80.3 cm³/mol. The molecule has 3 nitrogen and oxygen atoms in total. The summed E-state index contributed by atoms with van der Waals surface area (Å²) < 4.78 is 0. The summed E-state index contributed by atoms with van der Waals surface area (Å²) in [6, 6.07) is 1.51. The third kappa shape index (κ3) is 2.57. The van der Waals surface area contributed by atoms with E-state index < -0.39 is 0 Å². The van der Waals surface area contributed by atoms with E-state index in [1.54, 1.807) is 0 Å². The summed E-state index contributed by atoms with van der Waals surface area (Å²) in [4.78, 5) is 5.55. The van der Waals surface area contributed by atoms with E-state index in [-0.39, 0.29) is 0 Å². The van der Waals surface area contributed by atoms with Gasteiger partial charge in [-0.05, 0) is 39.2 Å². The summed E-state index contributed by atoms with van der Waals surface area (Å²) in [7, 11) is 0. The first-order valence-corrected chi connectivity index (χ1v) is 8.46. The van der Waals surface area contributed by atoms with Crippen LogP contribution in [-0.4, -0.2) is 53.6 Å². The van der Waals surface area contributed by atoms with Crippen LogP contribution < -0.4 is 5.73 Å². The second-order valence-electron chi connectivity index (χ2n) is 7.14. The van der Waals surface area contributed by atoms with Crippen molar-refractivity contribution in [3.8, 4) is 0 Å². The smallest absolute Gasteiger partial charge is 0.0335 e. The lowest BCUT2D eigenvalue weighted by Crippen LogP contribution is -2.65. The fraction of sp³-hybridized carbons (Fsp3) is 1.00. The van der Waals surface area contributed by atoms with Crippen LogP contribution in [0.15, 0.2) is 0 Å². The van der Waals surface area contributed by atoms with Crippen molar-refractivity contribution in [2.45, 2.75) is 75.9 Å². The van der Waals surface area contributed by atoms with Crippen molar-refractivity contribution >= 4 is 0 Å². The van der Waals surface area contributed by atoms with Gasteiger partial charge < -0.3 is 5.73 Å². The van der Waals surface area contributed by atoms with E-state index in [0.29, 0.717) is 11.6 Å². The fourth-order valence-electron chi connectivity index (χ4n) is 4.84. The molecule has 3 rings (SSSR count). The van der Waals surface area contributed by atoms with Crippen molar-refractivity contribution in [3.63, 3.8) is 0 Å². The predicted octanol–water partition coefficient (Wildman–Crippen LogP) is 2.21. The molecule has 0 bridgehead atoms. The topological polar surface area (TPSA) is 32.5 Å². The van der Waals surface area contributed by atoms with Gasteiger partial charge in [-0.1, -0.05) is 25.7 Å². The highest BCUT2D eigenvalue weighted by atomic mass is 15.3. The van der Waals surface area contributed by atoms with Crippen LogP contribution in [0.2, 0.25) is 0 Å². The summed E-state index contributed by atoms with van der Waals surface area (Å²) in [5, 5.41) is 0. The average molecular weight is 265 g/mol. The second kappa shape index (κ2) is 5.71. The van der Waals surface area contributed by atoms with Crippen molar-refractivity contribution in [1.29, 1.82) is 0 Å². The molecule has 2 saturated heterocycles. The van der Waals surface area contributed by atoms with Gasteiger partial charge in [-0.15, -0.1) is 0 Å². The molecule has 3 aliphatic rings. The first-order valence-electron chi connectivity index (χ1n) is 8.46. The molecule has 0 radical (unpaired) electrons. The first-order chi connectivity index (χ1) is 9.25. The number of hydrogen-bond donors (Lipinski definition) is 1. The van der Waals surface area contributed by atoms with Gasteiger partial charge in [-0.2, -0.15) is 0 Å². The Hall–Kier alpha value is -0.120. The zero-order valence-corrected chi connectivity index (χ0v) is 12.6. The minimum atomic E-state index is 0.324. The first kappa shape index (κ1) is 13.8. The van der Waals surface area contributed by atoms with Crippen LogP contribution in [-0.2, 0) is 0 Å². The Balaban J connectivity index is 1.77. The summed E-state index contributed by atoms with van der Waals surface area (Å²) in [5.74, 6) is 0. The van der Waals surface area contributed by atoms with Gasteiger partial charge in [0.25, 0.3) is 0 Å². The molecule has 2 heterocycles. The Morgan fingerprint density at radius 1 is 1.05 bits per heavy atom. The van der Waals surface area contributed by atoms with Gasteiger partial charge in [0.1, 0.15) is 0 Å². The third-order valence-electron chi connectivity index (χ3n) is 5.96. The van der Waals surface area contributed by atoms with Crippen LogP contribution in [0, 0.1) is 0 Å². The van der Waals surface area contributed by atoms with Gasteiger partial charge in [0.15, 0.2) is 0 Å². The number of nitrogens with two attached hydrogens (primary N) is 1. The Kier molecular flexibility index (Phi) is 4.16. The Bertz CT molecular complexity index is 296. The molecule has 3 heteroatoms. The number of hydrogen-bond acceptors (Lipinski definition) is 3. The number of nitrogens with zero attached hydrogens (tertiary/aromatic N) is 2. The molecule has 0 amide bonds. The molecule has 0 aromatic heterocycles. The maximum atomic E-state index is 6.28. The fourth-order valence-corrected chi connectivity index (χ4v) is 4.84. The minimum absolute atomic E-state index is 0.324. The molecule has 110 valence electrons. The molecular formula is C16H31N3. The molecular weight excluding hydrogens is 234 g/mol. The molecule has 19 heavy (non-hydrogen) atoms. The van der Waals surface area contributed by atoms with E-state index in [2.05, 4.69) is 16.7 Å². The average Bonchev–Trinajstić information content (AvgIpc) is 2.73. The number of piperazine rings is 1. The van der Waals surface area contributed by atoms with Gasteiger partial charge in [0.05, 0.1) is 0 Å². The molecule has 1 aliphatic carbocycles. The van der Waals surface area contributed by atoms with Crippen molar-refractivity contribution in [2.75, 3.05) is 26.2 Å². The monoisotopic (exact) mass is 265 g/mol. The maximum Gasteiger partial charge on any atom is 0.0335 e. The highest BCUT2D eigenvalue weighted by Crippen LogP contribution is 2.37. The third-order valence-corrected chi connectivity index (χ3v) is 5.96. The van der Waals surface area contributed by atoms with Crippen molar-refractivity contribution in [2.24, 2.45) is 5.73 Å². The second-order valence-corrected chi connectivity index (χ2v) is 7.14. The lowest BCUT2D eigenvalue weighted by atomic mass is 9.85. The van der Waals surface area contributed by atoms with Gasteiger partial charge in [0, 0.05) is 37.3 Å². The Morgan fingerprint density at radius 3 is 2.47 bits per heavy atom. The quantitative estimate of drug-likeness (QED) is 0.777. The summed E-state index contributed by atoms with van der Waals surface area (Å²) in [6.45, 7) is 7.17. The normalized spacial score (nSPS) is 36.9. The molecule has 1 saturated carbocycles. The van der Waals surface area contributed by atoms with E-state index in [1.165, 1.54) is 71.0 Å². The molecule has 2 atom stereocenters. The lowest BCUT2D eigenvalue weighted by molar-refractivity contribution is -0.0279. The summed E-state index contributed by atoms with van der Waals surface area (Å²) >= 11 is 0. The summed E-state index contributed by atoms with van der Waals surface area (Å²) in [6.07, 6.45) is 11.1. The zero-order chi connectivity index (χ0) is 13.3. The van der Waals surface area contributed by atoms with Crippen LogP contribution in [0.3, 0.4) is 0 Å². The molecule has 3 fully saturated rings. The van der Waals surface area contributed by atoms with Gasteiger partial charge >= 0.3 is 0 Å².